The number of carbonyl (C=O) groups is 3. The molecule has 0 fully saturated rings. The monoisotopic (exact) mass is 462 g/mol. The zero-order valence-electron chi connectivity index (χ0n) is 18.8. The van der Waals surface area contributed by atoms with Crippen LogP contribution in [-0.4, -0.2) is 29.3 Å². The topological polar surface area (TPSA) is 66.9 Å². The zero-order valence-corrected chi connectivity index (χ0v) is 18.8. The van der Waals surface area contributed by atoms with Crippen molar-refractivity contribution in [2.24, 2.45) is 0 Å². The molecule has 0 atom stereocenters. The predicted octanol–water partition coefficient (Wildman–Crippen LogP) is 5.17. The summed E-state index contributed by atoms with van der Waals surface area (Å²) in [4.78, 5) is 41.9. The Bertz CT molecular complexity index is 1330. The third-order valence-electron chi connectivity index (χ3n) is 5.82. The third-order valence-corrected chi connectivity index (χ3v) is 5.82. The molecule has 4 aromatic rings. The molecule has 6 heteroatoms. The molecule has 3 amide bonds. The summed E-state index contributed by atoms with van der Waals surface area (Å²) < 4.78 is 5.86. The van der Waals surface area contributed by atoms with E-state index in [0.29, 0.717) is 34.7 Å². The van der Waals surface area contributed by atoms with Gasteiger partial charge in [0, 0.05) is 11.3 Å². The standard InChI is InChI=1S/C29H22N2O4/c32-27(22-11-5-2-6-12-22)30(20-31-28(33)25-13-7-8-14-26(25)29(31)34)23-15-17-24(18-16-23)35-19-21-9-3-1-4-10-21/h1-18H,19-20H2. The van der Waals surface area contributed by atoms with Gasteiger partial charge in [0.1, 0.15) is 19.0 Å². The highest BCUT2D eigenvalue weighted by Gasteiger charge is 2.37. The maximum Gasteiger partial charge on any atom is 0.263 e. The van der Waals surface area contributed by atoms with Gasteiger partial charge in [-0.1, -0.05) is 60.7 Å². The fourth-order valence-electron chi connectivity index (χ4n) is 3.97. The number of amides is 3. The van der Waals surface area contributed by atoms with Crippen LogP contribution in [0.1, 0.15) is 36.6 Å². The number of nitrogens with zero attached hydrogens (tertiary/aromatic N) is 2. The van der Waals surface area contributed by atoms with Crippen LogP contribution in [0.2, 0.25) is 0 Å². The highest BCUT2D eigenvalue weighted by atomic mass is 16.5. The fraction of sp³-hybridized carbons (Fsp3) is 0.0690. The molecule has 0 radical (unpaired) electrons. The molecule has 1 heterocycles. The minimum absolute atomic E-state index is 0.204. The van der Waals surface area contributed by atoms with E-state index in [2.05, 4.69) is 0 Å². The van der Waals surface area contributed by atoms with Gasteiger partial charge >= 0.3 is 0 Å². The first kappa shape index (κ1) is 22.1. The lowest BCUT2D eigenvalue weighted by Gasteiger charge is -2.27. The van der Waals surface area contributed by atoms with E-state index >= 15 is 0 Å². The Morgan fingerprint density at radius 3 is 1.83 bits per heavy atom. The molecule has 0 N–H and O–H groups in total. The Morgan fingerprint density at radius 2 is 1.23 bits per heavy atom. The second-order valence-corrected chi connectivity index (χ2v) is 8.09. The third kappa shape index (κ3) is 4.54. The van der Waals surface area contributed by atoms with Crippen LogP contribution < -0.4 is 9.64 Å². The van der Waals surface area contributed by atoms with Gasteiger partial charge in [-0.15, -0.1) is 0 Å². The van der Waals surface area contributed by atoms with Crippen LogP contribution in [0.4, 0.5) is 5.69 Å². The van der Waals surface area contributed by atoms with E-state index in [4.69, 9.17) is 4.74 Å². The van der Waals surface area contributed by atoms with E-state index in [9.17, 15) is 14.4 Å². The molecule has 0 bridgehead atoms. The van der Waals surface area contributed by atoms with Gasteiger partial charge in [0.2, 0.25) is 0 Å². The largest absolute Gasteiger partial charge is 0.489 e. The number of fused-ring (bicyclic) bond motifs is 1. The number of carbonyl (C=O) groups excluding carboxylic acids is 3. The molecule has 0 aromatic heterocycles. The van der Waals surface area contributed by atoms with Crippen LogP contribution in [0.3, 0.4) is 0 Å². The first-order valence-corrected chi connectivity index (χ1v) is 11.2. The molecule has 0 unspecified atom stereocenters. The van der Waals surface area contributed by atoms with E-state index in [-0.39, 0.29) is 12.6 Å². The molecule has 0 spiro atoms. The molecule has 1 aliphatic heterocycles. The van der Waals surface area contributed by atoms with E-state index in [1.54, 1.807) is 72.8 Å². The van der Waals surface area contributed by atoms with E-state index in [0.717, 1.165) is 10.5 Å². The summed E-state index contributed by atoms with van der Waals surface area (Å²) in [6.07, 6.45) is 0. The number of rotatable bonds is 7. The van der Waals surface area contributed by atoms with Crippen LogP contribution in [0.25, 0.3) is 0 Å². The Labute approximate surface area is 203 Å². The number of imide groups is 1. The molecule has 1 aliphatic rings. The lowest BCUT2D eigenvalue weighted by atomic mass is 10.1. The summed E-state index contributed by atoms with van der Waals surface area (Å²) in [6.45, 7) is 0.214. The van der Waals surface area contributed by atoms with Crippen molar-refractivity contribution < 1.29 is 19.1 Å². The van der Waals surface area contributed by atoms with Crippen LogP contribution in [0.15, 0.2) is 109 Å². The predicted molar refractivity (Wildman–Crippen MR) is 132 cm³/mol. The Balaban J connectivity index is 1.40. The van der Waals surface area contributed by atoms with E-state index in [1.807, 2.05) is 36.4 Å². The first-order chi connectivity index (χ1) is 17.1. The maximum absolute atomic E-state index is 13.5. The van der Waals surface area contributed by atoms with Gasteiger partial charge in [-0.2, -0.15) is 0 Å². The van der Waals surface area contributed by atoms with Crippen molar-refractivity contribution >= 4 is 23.4 Å². The van der Waals surface area contributed by atoms with Crippen molar-refractivity contribution in [3.63, 3.8) is 0 Å². The molecule has 35 heavy (non-hydrogen) atoms. The van der Waals surface area contributed by atoms with Gasteiger partial charge < -0.3 is 4.74 Å². The summed E-state index contributed by atoms with van der Waals surface area (Å²) in [6, 6.07) is 32.3. The van der Waals surface area contributed by atoms with Gasteiger partial charge in [0.05, 0.1) is 11.1 Å². The van der Waals surface area contributed by atoms with Crippen molar-refractivity contribution in [3.8, 4) is 5.75 Å². The maximum atomic E-state index is 13.5. The quantitative estimate of drug-likeness (QED) is 0.356. The second-order valence-electron chi connectivity index (χ2n) is 8.09. The number of hydrogen-bond acceptors (Lipinski definition) is 4. The smallest absolute Gasteiger partial charge is 0.263 e. The molecule has 4 aromatic carbocycles. The average Bonchev–Trinajstić information content (AvgIpc) is 3.16. The summed E-state index contributed by atoms with van der Waals surface area (Å²) in [5, 5.41) is 0. The van der Waals surface area contributed by atoms with Gasteiger partial charge in [0.25, 0.3) is 17.7 Å². The molecule has 0 aliphatic carbocycles. The summed E-state index contributed by atoms with van der Waals surface area (Å²) in [5.41, 5.74) is 2.72. The average molecular weight is 463 g/mol. The Hall–Kier alpha value is -4.71. The molecular formula is C29H22N2O4. The van der Waals surface area contributed by atoms with Crippen molar-refractivity contribution in [2.45, 2.75) is 6.61 Å². The van der Waals surface area contributed by atoms with Crippen LogP contribution in [0.5, 0.6) is 5.75 Å². The summed E-state index contributed by atoms with van der Waals surface area (Å²) in [5.74, 6) is -0.510. The summed E-state index contributed by atoms with van der Waals surface area (Å²) >= 11 is 0. The number of hydrogen-bond donors (Lipinski definition) is 0. The van der Waals surface area contributed by atoms with Crippen LogP contribution >= 0.6 is 0 Å². The molecular weight excluding hydrogens is 440 g/mol. The molecule has 0 saturated heterocycles. The first-order valence-electron chi connectivity index (χ1n) is 11.2. The molecule has 5 rings (SSSR count). The Morgan fingerprint density at radius 1 is 0.686 bits per heavy atom. The lowest BCUT2D eigenvalue weighted by molar-refractivity contribution is 0.0650. The van der Waals surface area contributed by atoms with Gasteiger partial charge in [-0.25, -0.2) is 0 Å². The fourth-order valence-corrected chi connectivity index (χ4v) is 3.97. The van der Waals surface area contributed by atoms with Gasteiger partial charge in [0.15, 0.2) is 0 Å². The highest BCUT2D eigenvalue weighted by Crippen LogP contribution is 2.27. The number of benzene rings is 4. The molecule has 0 saturated carbocycles. The lowest BCUT2D eigenvalue weighted by Crippen LogP contribution is -2.44. The van der Waals surface area contributed by atoms with Crippen molar-refractivity contribution in [3.05, 3.63) is 131 Å². The normalized spacial score (nSPS) is 12.4. The van der Waals surface area contributed by atoms with Crippen molar-refractivity contribution in [1.82, 2.24) is 4.90 Å². The SMILES string of the molecule is O=C1c2ccccc2C(=O)N1CN(C(=O)c1ccccc1)c1ccc(OCc2ccccc2)cc1. The number of anilines is 1. The molecule has 6 nitrogen and oxygen atoms in total. The van der Waals surface area contributed by atoms with E-state index < -0.39 is 11.8 Å². The minimum atomic E-state index is -0.417. The van der Waals surface area contributed by atoms with Gasteiger partial charge in [-0.3, -0.25) is 24.2 Å². The van der Waals surface area contributed by atoms with Gasteiger partial charge in [-0.05, 0) is 54.1 Å². The molecule has 172 valence electrons. The number of ether oxygens (including phenoxy) is 1. The Kier molecular flexibility index (Phi) is 6.09. The minimum Gasteiger partial charge on any atom is -0.489 e. The summed E-state index contributed by atoms with van der Waals surface area (Å²) in [7, 11) is 0. The zero-order chi connectivity index (χ0) is 24.2. The van der Waals surface area contributed by atoms with Crippen molar-refractivity contribution in [2.75, 3.05) is 11.6 Å². The van der Waals surface area contributed by atoms with E-state index in [1.165, 1.54) is 4.90 Å². The highest BCUT2D eigenvalue weighted by molar-refractivity contribution is 6.22. The van der Waals surface area contributed by atoms with Crippen LogP contribution in [0, 0.1) is 0 Å². The van der Waals surface area contributed by atoms with Crippen molar-refractivity contribution in [1.29, 1.82) is 0 Å². The van der Waals surface area contributed by atoms with Crippen LogP contribution in [-0.2, 0) is 6.61 Å². The second kappa shape index (κ2) is 9.65.